The third-order valence-electron chi connectivity index (χ3n) is 3.20. The lowest BCUT2D eigenvalue weighted by Gasteiger charge is -2.36. The average molecular weight is 250 g/mol. The summed E-state index contributed by atoms with van der Waals surface area (Å²) in [7, 11) is -1.88. The summed E-state index contributed by atoms with van der Waals surface area (Å²) in [6.07, 6.45) is 0.861. The molecule has 0 aromatic heterocycles. The first-order chi connectivity index (χ1) is 7.04. The first-order valence-electron chi connectivity index (χ1n) is 5.40. The van der Waals surface area contributed by atoms with Crippen LogP contribution in [0.25, 0.3) is 0 Å². The molecule has 0 N–H and O–H groups in total. The Balaban J connectivity index is 2.54. The Morgan fingerprint density at radius 1 is 1.44 bits per heavy atom. The molecule has 0 bridgehead atoms. The maximum absolute atomic E-state index is 12.8. The minimum atomic E-state index is -2.83. The fourth-order valence-corrected chi connectivity index (χ4v) is 2.00. The summed E-state index contributed by atoms with van der Waals surface area (Å²) in [5, 5.41) is 0.0781. The van der Waals surface area contributed by atoms with Crippen LogP contribution in [0.4, 0.5) is 8.78 Å². The van der Waals surface area contributed by atoms with E-state index in [1.54, 1.807) is 0 Å². The van der Waals surface area contributed by atoms with Gasteiger partial charge in [-0.2, -0.15) is 8.78 Å². The molecule has 5 heteroatoms. The van der Waals surface area contributed by atoms with E-state index in [0.29, 0.717) is 0 Å². The highest BCUT2D eigenvalue weighted by Gasteiger charge is 2.39. The molecule has 94 valence electrons. The normalized spacial score (nSPS) is 20.6. The van der Waals surface area contributed by atoms with Crippen molar-refractivity contribution in [2.45, 2.75) is 44.8 Å². The van der Waals surface area contributed by atoms with E-state index in [1.807, 2.05) is 0 Å². The maximum Gasteiger partial charge on any atom is 0.303 e. The summed E-state index contributed by atoms with van der Waals surface area (Å²) < 4.78 is 36.3. The molecule has 16 heavy (non-hydrogen) atoms. The molecule has 0 saturated heterocycles. The van der Waals surface area contributed by atoms with Crippen LogP contribution in [-0.4, -0.2) is 27.5 Å². The minimum Gasteiger partial charge on any atom is -0.489 e. The topological polar surface area (TPSA) is 18.5 Å². The SMILES string of the molecule is CC(C)(C)[Si](C)(C)OCC1=CC(F)(F)CO1. The molecule has 0 aliphatic carbocycles. The zero-order chi connectivity index (χ0) is 12.6. The zero-order valence-electron chi connectivity index (χ0n) is 10.6. The second kappa shape index (κ2) is 4.11. The molecule has 1 rings (SSSR count). The van der Waals surface area contributed by atoms with Crippen LogP contribution in [0.3, 0.4) is 0 Å². The van der Waals surface area contributed by atoms with Crippen LogP contribution in [-0.2, 0) is 9.16 Å². The molecule has 1 aliphatic rings. The van der Waals surface area contributed by atoms with Crippen molar-refractivity contribution in [1.29, 1.82) is 0 Å². The number of alkyl halides is 2. The van der Waals surface area contributed by atoms with Crippen LogP contribution >= 0.6 is 0 Å². The lowest BCUT2D eigenvalue weighted by molar-refractivity contribution is 0.00819. The minimum absolute atomic E-state index is 0.0781. The van der Waals surface area contributed by atoms with Crippen molar-refractivity contribution < 1.29 is 17.9 Å². The Morgan fingerprint density at radius 2 is 2.00 bits per heavy atom. The van der Waals surface area contributed by atoms with Gasteiger partial charge in [-0.3, -0.25) is 0 Å². The van der Waals surface area contributed by atoms with Crippen LogP contribution in [0.1, 0.15) is 20.8 Å². The van der Waals surface area contributed by atoms with Crippen LogP contribution < -0.4 is 0 Å². The quantitative estimate of drug-likeness (QED) is 0.713. The molecule has 0 saturated carbocycles. The molecule has 0 amide bonds. The Labute approximate surface area is 96.8 Å². The third-order valence-corrected chi connectivity index (χ3v) is 7.68. The zero-order valence-corrected chi connectivity index (χ0v) is 11.6. The summed E-state index contributed by atoms with van der Waals surface area (Å²) >= 11 is 0. The van der Waals surface area contributed by atoms with Gasteiger partial charge in [-0.25, -0.2) is 0 Å². The summed E-state index contributed by atoms with van der Waals surface area (Å²) in [5.41, 5.74) is 0. The monoisotopic (exact) mass is 250 g/mol. The van der Waals surface area contributed by atoms with Crippen LogP contribution in [0, 0.1) is 0 Å². The maximum atomic E-state index is 12.8. The number of hydrogen-bond acceptors (Lipinski definition) is 2. The molecule has 0 radical (unpaired) electrons. The standard InChI is InChI=1S/C11H20F2O2Si/c1-10(2,3)16(4,5)15-7-9-6-11(12,13)8-14-9/h6H,7-8H2,1-5H3. The van der Waals surface area contributed by atoms with Gasteiger partial charge in [-0.15, -0.1) is 0 Å². The number of hydrogen-bond donors (Lipinski definition) is 0. The van der Waals surface area contributed by atoms with E-state index in [1.165, 1.54) is 0 Å². The highest BCUT2D eigenvalue weighted by atomic mass is 28.4. The Kier molecular flexibility index (Phi) is 3.50. The van der Waals surface area contributed by atoms with Crippen molar-refractivity contribution in [3.05, 3.63) is 11.8 Å². The van der Waals surface area contributed by atoms with Gasteiger partial charge in [-0.1, -0.05) is 20.8 Å². The van der Waals surface area contributed by atoms with Gasteiger partial charge in [-0.05, 0) is 18.1 Å². The first-order valence-corrected chi connectivity index (χ1v) is 8.31. The molecule has 1 heterocycles. The van der Waals surface area contributed by atoms with Crippen LogP contribution in [0.15, 0.2) is 11.8 Å². The molecule has 0 unspecified atom stereocenters. The van der Waals surface area contributed by atoms with Gasteiger partial charge in [0.2, 0.25) is 0 Å². The molecule has 0 aromatic carbocycles. The Hall–Kier alpha value is -0.423. The van der Waals surface area contributed by atoms with E-state index in [-0.39, 0.29) is 17.4 Å². The van der Waals surface area contributed by atoms with Gasteiger partial charge in [0.15, 0.2) is 14.9 Å². The summed E-state index contributed by atoms with van der Waals surface area (Å²) in [5.74, 6) is -2.57. The molecular weight excluding hydrogens is 230 g/mol. The number of halogens is 2. The highest BCUT2D eigenvalue weighted by molar-refractivity contribution is 6.74. The molecule has 0 aromatic rings. The second-order valence-electron chi connectivity index (χ2n) is 5.71. The summed E-state index contributed by atoms with van der Waals surface area (Å²) in [4.78, 5) is 0. The van der Waals surface area contributed by atoms with E-state index in [2.05, 4.69) is 33.9 Å². The lowest BCUT2D eigenvalue weighted by Crippen LogP contribution is -2.41. The van der Waals surface area contributed by atoms with Gasteiger partial charge in [0.25, 0.3) is 0 Å². The summed E-state index contributed by atoms with van der Waals surface area (Å²) in [6.45, 7) is 10.1. The average Bonchev–Trinajstić information content (AvgIpc) is 2.40. The van der Waals surface area contributed by atoms with E-state index >= 15 is 0 Å². The van der Waals surface area contributed by atoms with Crippen molar-refractivity contribution in [1.82, 2.24) is 0 Å². The highest BCUT2D eigenvalue weighted by Crippen LogP contribution is 2.37. The molecule has 2 nitrogen and oxygen atoms in total. The first kappa shape index (κ1) is 13.6. The van der Waals surface area contributed by atoms with E-state index in [0.717, 1.165) is 6.08 Å². The van der Waals surface area contributed by atoms with E-state index in [4.69, 9.17) is 9.16 Å². The molecule has 0 fully saturated rings. The molecule has 1 aliphatic heterocycles. The lowest BCUT2D eigenvalue weighted by atomic mass is 10.2. The van der Waals surface area contributed by atoms with Crippen LogP contribution in [0.5, 0.6) is 0 Å². The van der Waals surface area contributed by atoms with E-state index in [9.17, 15) is 8.78 Å². The summed E-state index contributed by atoms with van der Waals surface area (Å²) in [6, 6.07) is 0. The fourth-order valence-electron chi connectivity index (χ4n) is 1.06. The number of rotatable bonds is 3. The predicted molar refractivity (Wildman–Crippen MR) is 62.1 cm³/mol. The van der Waals surface area contributed by atoms with Crippen molar-refractivity contribution >= 4 is 8.32 Å². The predicted octanol–water partition coefficient (Wildman–Crippen LogP) is 3.56. The van der Waals surface area contributed by atoms with Gasteiger partial charge in [0.05, 0.1) is 6.61 Å². The Morgan fingerprint density at radius 3 is 2.38 bits per heavy atom. The van der Waals surface area contributed by atoms with Crippen molar-refractivity contribution in [3.63, 3.8) is 0 Å². The fraction of sp³-hybridized carbons (Fsp3) is 0.818. The molecular formula is C11H20F2O2Si. The Bertz CT molecular complexity index is 293. The molecule has 0 spiro atoms. The van der Waals surface area contributed by atoms with Crippen molar-refractivity contribution in [2.75, 3.05) is 13.2 Å². The largest absolute Gasteiger partial charge is 0.489 e. The van der Waals surface area contributed by atoms with Crippen LogP contribution in [0.2, 0.25) is 18.1 Å². The van der Waals surface area contributed by atoms with Crippen molar-refractivity contribution in [2.24, 2.45) is 0 Å². The third kappa shape index (κ3) is 3.28. The van der Waals surface area contributed by atoms with Gasteiger partial charge < -0.3 is 9.16 Å². The smallest absolute Gasteiger partial charge is 0.303 e. The van der Waals surface area contributed by atoms with Gasteiger partial charge in [0.1, 0.15) is 5.76 Å². The van der Waals surface area contributed by atoms with Gasteiger partial charge >= 0.3 is 5.92 Å². The molecule has 0 atom stereocenters. The number of ether oxygens (including phenoxy) is 1. The van der Waals surface area contributed by atoms with E-state index < -0.39 is 20.8 Å². The van der Waals surface area contributed by atoms with Gasteiger partial charge in [0, 0.05) is 6.08 Å². The second-order valence-corrected chi connectivity index (χ2v) is 10.5. The van der Waals surface area contributed by atoms with Crippen molar-refractivity contribution in [3.8, 4) is 0 Å².